The van der Waals surface area contributed by atoms with Gasteiger partial charge in [-0.25, -0.2) is 8.42 Å². The number of rotatable bonds is 2. The molecule has 1 saturated heterocycles. The fraction of sp³-hybridized carbons (Fsp3) is 0.562. The lowest BCUT2D eigenvalue weighted by Gasteiger charge is -2.23. The molecule has 2 aliphatic heterocycles. The van der Waals surface area contributed by atoms with Crippen LogP contribution in [0.5, 0.6) is 0 Å². The molecule has 0 spiro atoms. The number of aromatic nitrogens is 4. The number of aryl methyl sites for hydroxylation is 2. The van der Waals surface area contributed by atoms with Crippen LogP contribution in [0.2, 0.25) is 0 Å². The highest BCUT2D eigenvalue weighted by atomic mass is 32.2. The third-order valence-electron chi connectivity index (χ3n) is 5.27. The zero-order valence-electron chi connectivity index (χ0n) is 14.5. The summed E-state index contributed by atoms with van der Waals surface area (Å²) in [5.41, 5.74) is 3.77. The minimum atomic E-state index is -2.98. The summed E-state index contributed by atoms with van der Waals surface area (Å²) >= 11 is 0. The highest BCUT2D eigenvalue weighted by Gasteiger charge is 2.36. The molecule has 2 atom stereocenters. The molecular formula is C16H21N5O3S. The lowest BCUT2D eigenvalue weighted by Crippen LogP contribution is -2.25. The fourth-order valence-corrected chi connectivity index (χ4v) is 5.79. The molecule has 9 heteroatoms. The zero-order valence-corrected chi connectivity index (χ0v) is 15.3. The third-order valence-corrected chi connectivity index (χ3v) is 7.02. The molecule has 8 nitrogen and oxygen atoms in total. The smallest absolute Gasteiger partial charge is 0.226 e. The quantitative estimate of drug-likeness (QED) is 0.860. The molecule has 4 heterocycles. The Morgan fingerprint density at radius 1 is 1.32 bits per heavy atom. The van der Waals surface area contributed by atoms with Gasteiger partial charge < -0.3 is 5.32 Å². The van der Waals surface area contributed by atoms with E-state index in [1.165, 1.54) is 0 Å². The van der Waals surface area contributed by atoms with Gasteiger partial charge in [-0.2, -0.15) is 10.2 Å². The van der Waals surface area contributed by atoms with Crippen molar-refractivity contribution in [2.24, 2.45) is 7.05 Å². The van der Waals surface area contributed by atoms with Crippen molar-refractivity contribution in [3.63, 3.8) is 0 Å². The summed E-state index contributed by atoms with van der Waals surface area (Å²) in [5, 5.41) is 11.8. The van der Waals surface area contributed by atoms with Gasteiger partial charge in [-0.1, -0.05) is 0 Å². The maximum Gasteiger partial charge on any atom is 0.226 e. The van der Waals surface area contributed by atoms with Crippen LogP contribution in [0.4, 0.5) is 5.82 Å². The Morgan fingerprint density at radius 2 is 2.08 bits per heavy atom. The van der Waals surface area contributed by atoms with E-state index < -0.39 is 9.84 Å². The van der Waals surface area contributed by atoms with Crippen molar-refractivity contribution in [3.8, 4) is 0 Å². The van der Waals surface area contributed by atoms with Gasteiger partial charge in [-0.3, -0.25) is 14.2 Å². The standard InChI is InChI=1S/C16H21N5O3S/c1-9-15(10(2)21(19-9)11-4-5-25(23,24)8-11)12-6-14(22)18-16-13(12)7-17-20(16)3/h7,11-12H,4-6,8H2,1-3H3,(H,18,22)/t11-,12+/m1/s1. The summed E-state index contributed by atoms with van der Waals surface area (Å²) in [6.45, 7) is 3.88. The number of hydrogen-bond acceptors (Lipinski definition) is 5. The predicted molar refractivity (Wildman–Crippen MR) is 92.3 cm³/mol. The Bertz CT molecular complexity index is 972. The molecule has 0 radical (unpaired) electrons. The van der Waals surface area contributed by atoms with Crippen LogP contribution < -0.4 is 5.32 Å². The van der Waals surface area contributed by atoms with E-state index in [4.69, 9.17) is 0 Å². The average molecular weight is 363 g/mol. The van der Waals surface area contributed by atoms with E-state index in [0.717, 1.165) is 28.3 Å². The zero-order chi connectivity index (χ0) is 17.9. The number of carbonyl (C=O) groups is 1. The molecule has 4 rings (SSSR count). The van der Waals surface area contributed by atoms with E-state index in [1.807, 2.05) is 18.5 Å². The van der Waals surface area contributed by atoms with Gasteiger partial charge in [0, 0.05) is 36.2 Å². The largest absolute Gasteiger partial charge is 0.311 e. The second kappa shape index (κ2) is 5.42. The van der Waals surface area contributed by atoms with Crippen molar-refractivity contribution in [1.29, 1.82) is 0 Å². The van der Waals surface area contributed by atoms with Crippen LogP contribution in [0.1, 0.15) is 47.3 Å². The molecule has 0 aliphatic carbocycles. The molecule has 134 valence electrons. The molecule has 2 aliphatic rings. The summed E-state index contributed by atoms with van der Waals surface area (Å²) in [6, 6.07) is -0.122. The number of sulfone groups is 1. The van der Waals surface area contributed by atoms with E-state index >= 15 is 0 Å². The van der Waals surface area contributed by atoms with Crippen LogP contribution >= 0.6 is 0 Å². The molecule has 0 bridgehead atoms. The Morgan fingerprint density at radius 3 is 2.76 bits per heavy atom. The van der Waals surface area contributed by atoms with Crippen LogP contribution in [0, 0.1) is 13.8 Å². The van der Waals surface area contributed by atoms with Crippen molar-refractivity contribution in [2.75, 3.05) is 16.8 Å². The lowest BCUT2D eigenvalue weighted by molar-refractivity contribution is -0.116. The Kier molecular flexibility index (Phi) is 3.54. The molecule has 2 aromatic heterocycles. The summed E-state index contributed by atoms with van der Waals surface area (Å²) < 4.78 is 27.2. The van der Waals surface area contributed by atoms with Gasteiger partial charge in [-0.15, -0.1) is 0 Å². The Labute approximate surface area is 146 Å². The predicted octanol–water partition coefficient (Wildman–Crippen LogP) is 1.07. The second-order valence-corrected chi connectivity index (χ2v) is 9.19. The SMILES string of the molecule is Cc1nn([C@@H]2CCS(=O)(=O)C2)c(C)c1[C@H]1CC(=O)Nc2c1cnn2C. The number of nitrogens with zero attached hydrogens (tertiary/aromatic N) is 4. The molecule has 1 amide bonds. The lowest BCUT2D eigenvalue weighted by atomic mass is 9.86. The normalized spacial score (nSPS) is 25.0. The number of anilines is 1. The van der Waals surface area contributed by atoms with E-state index in [1.54, 1.807) is 17.9 Å². The molecule has 1 N–H and O–H groups in total. The summed E-state index contributed by atoms with van der Waals surface area (Å²) in [6.07, 6.45) is 2.72. The molecule has 25 heavy (non-hydrogen) atoms. The highest BCUT2D eigenvalue weighted by molar-refractivity contribution is 7.91. The summed E-state index contributed by atoms with van der Waals surface area (Å²) in [5.74, 6) is 0.915. The average Bonchev–Trinajstić information content (AvgIpc) is 3.16. The van der Waals surface area contributed by atoms with Gasteiger partial charge in [0.2, 0.25) is 5.91 Å². The summed E-state index contributed by atoms with van der Waals surface area (Å²) in [7, 11) is -1.18. The third kappa shape index (κ3) is 2.57. The highest BCUT2D eigenvalue weighted by Crippen LogP contribution is 2.40. The maximum absolute atomic E-state index is 12.2. The first-order valence-corrected chi connectivity index (χ1v) is 10.2. The minimum absolute atomic E-state index is 0.0453. The van der Waals surface area contributed by atoms with Crippen molar-refractivity contribution in [3.05, 3.63) is 28.7 Å². The number of fused-ring (bicyclic) bond motifs is 1. The number of hydrogen-bond donors (Lipinski definition) is 1. The fourth-order valence-electron chi connectivity index (χ4n) is 4.10. The first-order chi connectivity index (χ1) is 11.8. The van der Waals surface area contributed by atoms with E-state index in [0.29, 0.717) is 12.8 Å². The van der Waals surface area contributed by atoms with E-state index in [-0.39, 0.29) is 29.4 Å². The van der Waals surface area contributed by atoms with E-state index in [9.17, 15) is 13.2 Å². The Hall–Kier alpha value is -2.16. The number of amides is 1. The minimum Gasteiger partial charge on any atom is -0.311 e. The first-order valence-electron chi connectivity index (χ1n) is 8.34. The van der Waals surface area contributed by atoms with Crippen molar-refractivity contribution >= 4 is 21.6 Å². The van der Waals surface area contributed by atoms with Gasteiger partial charge >= 0.3 is 0 Å². The topological polar surface area (TPSA) is 98.9 Å². The molecule has 2 aromatic rings. The van der Waals surface area contributed by atoms with Gasteiger partial charge in [0.25, 0.3) is 0 Å². The van der Waals surface area contributed by atoms with Gasteiger partial charge in [0.1, 0.15) is 5.82 Å². The Balaban J connectivity index is 1.78. The molecule has 0 saturated carbocycles. The van der Waals surface area contributed by atoms with Gasteiger partial charge in [0.15, 0.2) is 9.84 Å². The van der Waals surface area contributed by atoms with Crippen LogP contribution in [-0.4, -0.2) is 45.4 Å². The molecule has 0 unspecified atom stereocenters. The molecule has 1 fully saturated rings. The van der Waals surface area contributed by atoms with Crippen LogP contribution in [-0.2, 0) is 21.7 Å². The van der Waals surface area contributed by atoms with Crippen molar-refractivity contribution < 1.29 is 13.2 Å². The molecule has 0 aromatic carbocycles. The van der Waals surface area contributed by atoms with Crippen molar-refractivity contribution in [2.45, 2.75) is 38.6 Å². The van der Waals surface area contributed by atoms with Gasteiger partial charge in [0.05, 0.1) is 29.4 Å². The first kappa shape index (κ1) is 16.3. The monoisotopic (exact) mass is 363 g/mol. The van der Waals surface area contributed by atoms with Crippen LogP contribution in [0.25, 0.3) is 0 Å². The van der Waals surface area contributed by atoms with Gasteiger partial charge in [-0.05, 0) is 20.3 Å². The number of nitrogens with one attached hydrogen (secondary N) is 1. The molecular weight excluding hydrogens is 342 g/mol. The van der Waals surface area contributed by atoms with E-state index in [2.05, 4.69) is 15.5 Å². The van der Waals surface area contributed by atoms with Crippen molar-refractivity contribution in [1.82, 2.24) is 19.6 Å². The summed E-state index contributed by atoms with van der Waals surface area (Å²) in [4.78, 5) is 12.2. The van der Waals surface area contributed by atoms with Crippen LogP contribution in [0.15, 0.2) is 6.20 Å². The number of carbonyl (C=O) groups excluding carboxylic acids is 1. The van der Waals surface area contributed by atoms with Crippen LogP contribution in [0.3, 0.4) is 0 Å². The maximum atomic E-state index is 12.2. The second-order valence-electron chi connectivity index (χ2n) is 6.96.